The third kappa shape index (κ3) is 4.69. The molecule has 1 aliphatic rings. The largest absolute Gasteiger partial charge is 0.482 e. The molecule has 0 unspecified atom stereocenters. The van der Waals surface area contributed by atoms with Gasteiger partial charge < -0.3 is 15.2 Å². The van der Waals surface area contributed by atoms with Crippen LogP contribution in [0.4, 0.5) is 0 Å². The van der Waals surface area contributed by atoms with Gasteiger partial charge in [-0.2, -0.15) is 0 Å². The summed E-state index contributed by atoms with van der Waals surface area (Å²) in [5, 5.41) is 12.8. The molecule has 2 N–H and O–H groups in total. The molecule has 20 heavy (non-hydrogen) atoms. The summed E-state index contributed by atoms with van der Waals surface area (Å²) in [6.45, 7) is 0.622. The molecule has 1 fully saturated rings. The van der Waals surface area contributed by atoms with E-state index >= 15 is 0 Å². The fourth-order valence-electron chi connectivity index (χ4n) is 2.36. The molecule has 0 bridgehead atoms. The first-order chi connectivity index (χ1) is 9.65. The number of benzene rings is 1. The van der Waals surface area contributed by atoms with E-state index in [2.05, 4.69) is 5.32 Å². The molecular weight excluding hydrogens is 278 g/mol. The van der Waals surface area contributed by atoms with Gasteiger partial charge in [-0.15, -0.1) is 0 Å². The van der Waals surface area contributed by atoms with Crippen LogP contribution in [0.15, 0.2) is 24.3 Å². The van der Waals surface area contributed by atoms with E-state index in [0.29, 0.717) is 23.2 Å². The number of ether oxygens (including phenoxy) is 1. The molecular formula is C15H20ClNO3. The van der Waals surface area contributed by atoms with Crippen LogP contribution in [0.1, 0.15) is 25.7 Å². The molecule has 0 aliphatic heterocycles. The van der Waals surface area contributed by atoms with Crippen molar-refractivity contribution in [2.45, 2.75) is 31.8 Å². The summed E-state index contributed by atoms with van der Waals surface area (Å²) in [7, 11) is 0. The Morgan fingerprint density at radius 3 is 2.70 bits per heavy atom. The number of hydrogen-bond donors (Lipinski definition) is 2. The van der Waals surface area contributed by atoms with Crippen LogP contribution < -0.4 is 10.1 Å². The van der Waals surface area contributed by atoms with Gasteiger partial charge in [-0.3, -0.25) is 4.79 Å². The molecule has 1 amide bonds. The van der Waals surface area contributed by atoms with E-state index in [-0.39, 0.29) is 18.6 Å². The zero-order valence-corrected chi connectivity index (χ0v) is 12.1. The third-order valence-electron chi connectivity index (χ3n) is 3.60. The SMILES string of the molecule is O=C(COc1ccccc1Cl)NCC1CCC(O)CC1. The lowest BCUT2D eigenvalue weighted by Gasteiger charge is -2.25. The van der Waals surface area contributed by atoms with Gasteiger partial charge in [0, 0.05) is 6.54 Å². The van der Waals surface area contributed by atoms with Crippen LogP contribution in [-0.2, 0) is 4.79 Å². The molecule has 0 atom stereocenters. The molecule has 1 aliphatic carbocycles. The van der Waals surface area contributed by atoms with Crippen molar-refractivity contribution < 1.29 is 14.6 Å². The minimum absolute atomic E-state index is 0.0287. The number of hydrogen-bond acceptors (Lipinski definition) is 3. The predicted octanol–water partition coefficient (Wildman–Crippen LogP) is 2.39. The first-order valence-electron chi connectivity index (χ1n) is 6.97. The molecule has 2 rings (SSSR count). The molecule has 0 aromatic heterocycles. The molecule has 5 heteroatoms. The zero-order valence-electron chi connectivity index (χ0n) is 11.3. The Morgan fingerprint density at radius 1 is 1.30 bits per heavy atom. The number of carbonyl (C=O) groups is 1. The van der Waals surface area contributed by atoms with Crippen LogP contribution in [0.3, 0.4) is 0 Å². The number of rotatable bonds is 5. The minimum atomic E-state index is -0.162. The highest BCUT2D eigenvalue weighted by molar-refractivity contribution is 6.32. The number of aliphatic hydroxyl groups excluding tert-OH is 1. The number of halogens is 1. The van der Waals surface area contributed by atoms with Crippen LogP contribution >= 0.6 is 11.6 Å². The number of amides is 1. The van der Waals surface area contributed by atoms with Crippen LogP contribution in [-0.4, -0.2) is 30.3 Å². The van der Waals surface area contributed by atoms with Gasteiger partial charge in [0.15, 0.2) is 6.61 Å². The fraction of sp³-hybridized carbons (Fsp3) is 0.533. The lowest BCUT2D eigenvalue weighted by atomic mass is 9.87. The highest BCUT2D eigenvalue weighted by atomic mass is 35.5. The topological polar surface area (TPSA) is 58.6 Å². The van der Waals surface area contributed by atoms with Gasteiger partial charge in [-0.1, -0.05) is 23.7 Å². The van der Waals surface area contributed by atoms with Crippen LogP contribution in [0.5, 0.6) is 5.75 Å². The highest BCUT2D eigenvalue weighted by Gasteiger charge is 2.19. The van der Waals surface area contributed by atoms with Crippen molar-refractivity contribution in [3.63, 3.8) is 0 Å². The van der Waals surface area contributed by atoms with E-state index in [1.807, 2.05) is 12.1 Å². The monoisotopic (exact) mass is 297 g/mol. The van der Waals surface area contributed by atoms with Crippen LogP contribution in [0, 0.1) is 5.92 Å². The highest BCUT2D eigenvalue weighted by Crippen LogP contribution is 2.24. The van der Waals surface area contributed by atoms with Crippen molar-refractivity contribution in [1.29, 1.82) is 0 Å². The molecule has 1 aromatic carbocycles. The average molecular weight is 298 g/mol. The second kappa shape index (κ2) is 7.50. The Balaban J connectivity index is 1.67. The molecule has 110 valence electrons. The molecule has 1 aromatic rings. The molecule has 4 nitrogen and oxygen atoms in total. The number of aliphatic hydroxyl groups is 1. The minimum Gasteiger partial charge on any atom is -0.482 e. The molecule has 1 saturated carbocycles. The Morgan fingerprint density at radius 2 is 2.00 bits per heavy atom. The Kier molecular flexibility index (Phi) is 5.68. The Bertz CT molecular complexity index is 444. The van der Waals surface area contributed by atoms with Gasteiger partial charge in [-0.25, -0.2) is 0 Å². The smallest absolute Gasteiger partial charge is 0.257 e. The standard InChI is InChI=1S/C15H20ClNO3/c16-13-3-1-2-4-14(13)20-10-15(19)17-9-11-5-7-12(18)8-6-11/h1-4,11-12,18H,5-10H2,(H,17,19). The van der Waals surface area contributed by atoms with Crippen molar-refractivity contribution in [3.05, 3.63) is 29.3 Å². The molecule has 0 spiro atoms. The summed E-state index contributed by atoms with van der Waals surface area (Å²) in [4.78, 5) is 11.7. The first kappa shape index (κ1) is 15.1. The average Bonchev–Trinajstić information content (AvgIpc) is 2.46. The Hall–Kier alpha value is -1.26. The van der Waals surface area contributed by atoms with E-state index < -0.39 is 0 Å². The maximum atomic E-state index is 11.7. The van der Waals surface area contributed by atoms with Gasteiger partial charge in [0.2, 0.25) is 0 Å². The van der Waals surface area contributed by atoms with Crippen LogP contribution in [0.25, 0.3) is 0 Å². The van der Waals surface area contributed by atoms with Crippen molar-refractivity contribution >= 4 is 17.5 Å². The Labute approximate surface area is 124 Å². The van der Waals surface area contributed by atoms with Crippen molar-refractivity contribution in [1.82, 2.24) is 5.32 Å². The maximum absolute atomic E-state index is 11.7. The molecule has 0 heterocycles. The van der Waals surface area contributed by atoms with Crippen molar-refractivity contribution in [2.75, 3.05) is 13.2 Å². The van der Waals surface area contributed by atoms with Gasteiger partial charge in [0.05, 0.1) is 11.1 Å². The summed E-state index contributed by atoms with van der Waals surface area (Å²) < 4.78 is 5.37. The van der Waals surface area contributed by atoms with E-state index in [0.717, 1.165) is 25.7 Å². The maximum Gasteiger partial charge on any atom is 0.257 e. The second-order valence-electron chi connectivity index (χ2n) is 5.20. The summed E-state index contributed by atoms with van der Waals surface area (Å²) >= 11 is 5.94. The normalized spacial score (nSPS) is 22.3. The van der Waals surface area contributed by atoms with E-state index in [1.165, 1.54) is 0 Å². The summed E-state index contributed by atoms with van der Waals surface area (Å²) in [5.74, 6) is 0.837. The number of para-hydroxylation sites is 1. The van der Waals surface area contributed by atoms with E-state index in [1.54, 1.807) is 12.1 Å². The number of carbonyl (C=O) groups excluding carboxylic acids is 1. The third-order valence-corrected chi connectivity index (χ3v) is 3.91. The lowest BCUT2D eigenvalue weighted by molar-refractivity contribution is -0.123. The summed E-state index contributed by atoms with van der Waals surface area (Å²) in [6.07, 6.45) is 3.43. The number of nitrogens with one attached hydrogen (secondary N) is 1. The second-order valence-corrected chi connectivity index (χ2v) is 5.60. The molecule has 0 radical (unpaired) electrons. The fourth-order valence-corrected chi connectivity index (χ4v) is 2.55. The van der Waals surface area contributed by atoms with Gasteiger partial charge in [-0.05, 0) is 43.7 Å². The van der Waals surface area contributed by atoms with Crippen LogP contribution in [0.2, 0.25) is 5.02 Å². The van der Waals surface area contributed by atoms with Gasteiger partial charge >= 0.3 is 0 Å². The van der Waals surface area contributed by atoms with Gasteiger partial charge in [0.25, 0.3) is 5.91 Å². The molecule has 0 saturated heterocycles. The zero-order chi connectivity index (χ0) is 14.4. The lowest BCUT2D eigenvalue weighted by Crippen LogP contribution is -2.35. The van der Waals surface area contributed by atoms with E-state index in [9.17, 15) is 9.90 Å². The van der Waals surface area contributed by atoms with Crippen molar-refractivity contribution in [2.24, 2.45) is 5.92 Å². The predicted molar refractivity (Wildman–Crippen MR) is 77.9 cm³/mol. The van der Waals surface area contributed by atoms with Gasteiger partial charge in [0.1, 0.15) is 5.75 Å². The summed E-state index contributed by atoms with van der Waals surface area (Å²) in [5.41, 5.74) is 0. The van der Waals surface area contributed by atoms with Crippen molar-refractivity contribution in [3.8, 4) is 5.75 Å². The summed E-state index contributed by atoms with van der Waals surface area (Å²) in [6, 6.07) is 7.08. The quantitative estimate of drug-likeness (QED) is 0.877. The first-order valence-corrected chi connectivity index (χ1v) is 7.35. The van der Waals surface area contributed by atoms with E-state index in [4.69, 9.17) is 16.3 Å².